The quantitative estimate of drug-likeness (QED) is 0.548. The summed E-state index contributed by atoms with van der Waals surface area (Å²) in [5, 5.41) is 10.8. The van der Waals surface area contributed by atoms with Gasteiger partial charge in [0.1, 0.15) is 17.1 Å². The average Bonchev–Trinajstić information content (AvgIpc) is 2.63. The third-order valence-electron chi connectivity index (χ3n) is 4.98. The summed E-state index contributed by atoms with van der Waals surface area (Å²) in [5.74, 6) is 1.35. The van der Waals surface area contributed by atoms with E-state index in [2.05, 4.69) is 31.2 Å². The van der Waals surface area contributed by atoms with Gasteiger partial charge < -0.3 is 9.52 Å². The van der Waals surface area contributed by atoms with Crippen molar-refractivity contribution in [1.82, 2.24) is 0 Å². The van der Waals surface area contributed by atoms with Crippen molar-refractivity contribution in [3.63, 3.8) is 0 Å². The molecule has 1 heterocycles. The average molecular weight is 395 g/mol. The lowest BCUT2D eigenvalue weighted by Gasteiger charge is -2.14. The first kappa shape index (κ1) is 20.3. The minimum absolute atomic E-state index is 0.0293. The van der Waals surface area contributed by atoms with E-state index >= 15 is 0 Å². The molecule has 28 heavy (non-hydrogen) atoms. The fourth-order valence-electron chi connectivity index (χ4n) is 3.59. The van der Waals surface area contributed by atoms with Gasteiger partial charge in [0.15, 0.2) is 0 Å². The van der Waals surface area contributed by atoms with E-state index in [1.165, 1.54) is 10.5 Å². The Bertz CT molecular complexity index is 1040. The molecule has 0 bridgehead atoms. The van der Waals surface area contributed by atoms with Gasteiger partial charge in [-0.3, -0.25) is 0 Å². The molecule has 0 saturated heterocycles. The fraction of sp³-hybridized carbons (Fsp3) is 0.292. The molecule has 0 atom stereocenters. The van der Waals surface area contributed by atoms with Crippen LogP contribution in [0.25, 0.3) is 11.1 Å². The normalized spacial score (nSPS) is 11.0. The van der Waals surface area contributed by atoms with Crippen LogP contribution in [0.1, 0.15) is 33.6 Å². The van der Waals surface area contributed by atoms with Crippen LogP contribution in [0.5, 0.6) is 5.75 Å². The third kappa shape index (κ3) is 4.17. The van der Waals surface area contributed by atoms with Crippen molar-refractivity contribution < 1.29 is 9.52 Å². The molecule has 0 aliphatic carbocycles. The zero-order chi connectivity index (χ0) is 20.4. The van der Waals surface area contributed by atoms with Crippen molar-refractivity contribution >= 4 is 11.8 Å². The van der Waals surface area contributed by atoms with Crippen molar-refractivity contribution in [1.29, 1.82) is 0 Å². The summed E-state index contributed by atoms with van der Waals surface area (Å²) >= 11 is 1.71. The summed E-state index contributed by atoms with van der Waals surface area (Å²) in [6.07, 6.45) is 0.583. The van der Waals surface area contributed by atoms with E-state index in [0.29, 0.717) is 17.7 Å². The summed E-state index contributed by atoms with van der Waals surface area (Å²) in [5.41, 5.74) is 5.47. The molecule has 1 aromatic heterocycles. The zero-order valence-corrected chi connectivity index (χ0v) is 17.9. The van der Waals surface area contributed by atoms with E-state index in [9.17, 15) is 9.90 Å². The smallest absolute Gasteiger partial charge is 0.347 e. The molecule has 1 N–H and O–H groups in total. The Morgan fingerprint density at radius 2 is 1.50 bits per heavy atom. The summed E-state index contributed by atoms with van der Waals surface area (Å²) in [6.45, 7) is 9.80. The monoisotopic (exact) mass is 394 g/mol. The van der Waals surface area contributed by atoms with Gasteiger partial charge in [0.2, 0.25) is 0 Å². The number of hydrogen-bond acceptors (Lipinski definition) is 4. The molecule has 3 rings (SSSR count). The van der Waals surface area contributed by atoms with Crippen LogP contribution in [-0.2, 0) is 6.42 Å². The van der Waals surface area contributed by atoms with Crippen LogP contribution in [0.2, 0.25) is 0 Å². The number of thioether (sulfide) groups is 1. The molecule has 0 fully saturated rings. The number of hydrogen-bond donors (Lipinski definition) is 1. The summed E-state index contributed by atoms with van der Waals surface area (Å²) in [4.78, 5) is 13.9. The number of rotatable bonds is 5. The topological polar surface area (TPSA) is 50.4 Å². The predicted molar refractivity (Wildman–Crippen MR) is 117 cm³/mol. The Hall–Kier alpha value is -2.46. The zero-order valence-electron chi connectivity index (χ0n) is 17.1. The Labute approximate surface area is 170 Å². The molecule has 146 valence electrons. The van der Waals surface area contributed by atoms with Crippen LogP contribution in [0, 0.1) is 34.6 Å². The van der Waals surface area contributed by atoms with Crippen molar-refractivity contribution in [2.24, 2.45) is 0 Å². The van der Waals surface area contributed by atoms with Crippen molar-refractivity contribution in [2.45, 2.75) is 45.9 Å². The second-order valence-corrected chi connectivity index (χ2v) is 8.51. The molecule has 3 aromatic rings. The van der Waals surface area contributed by atoms with Crippen LogP contribution in [-0.4, -0.2) is 10.9 Å². The largest absolute Gasteiger partial charge is 0.507 e. The minimum atomic E-state index is -0.478. The maximum Gasteiger partial charge on any atom is 0.347 e. The van der Waals surface area contributed by atoms with Crippen LogP contribution in [0.15, 0.2) is 50.5 Å². The highest BCUT2D eigenvalue weighted by Gasteiger charge is 2.21. The maximum absolute atomic E-state index is 12.7. The number of aryl methyl sites for hydroxylation is 5. The van der Waals surface area contributed by atoms with Crippen molar-refractivity contribution in [2.75, 3.05) is 5.75 Å². The van der Waals surface area contributed by atoms with Gasteiger partial charge in [-0.25, -0.2) is 4.79 Å². The van der Waals surface area contributed by atoms with E-state index < -0.39 is 5.63 Å². The molecular weight excluding hydrogens is 368 g/mol. The first-order valence-corrected chi connectivity index (χ1v) is 10.4. The second-order valence-electron chi connectivity index (χ2n) is 7.35. The summed E-state index contributed by atoms with van der Waals surface area (Å²) in [7, 11) is 0. The molecule has 0 amide bonds. The van der Waals surface area contributed by atoms with E-state index in [-0.39, 0.29) is 11.3 Å². The van der Waals surface area contributed by atoms with Gasteiger partial charge in [-0.05, 0) is 63.4 Å². The van der Waals surface area contributed by atoms with Gasteiger partial charge >= 0.3 is 5.63 Å². The third-order valence-corrected chi connectivity index (χ3v) is 5.99. The second kappa shape index (κ2) is 8.27. The van der Waals surface area contributed by atoms with Crippen molar-refractivity contribution in [3.05, 3.63) is 80.4 Å². The Kier molecular flexibility index (Phi) is 5.99. The van der Waals surface area contributed by atoms with Crippen LogP contribution < -0.4 is 5.63 Å². The minimum Gasteiger partial charge on any atom is -0.507 e. The molecule has 0 unspecified atom stereocenters. The summed E-state index contributed by atoms with van der Waals surface area (Å²) < 4.78 is 5.64. The van der Waals surface area contributed by atoms with Crippen LogP contribution >= 0.6 is 11.8 Å². The summed E-state index contributed by atoms with van der Waals surface area (Å²) in [6, 6.07) is 12.4. The molecule has 3 nitrogen and oxygen atoms in total. The van der Waals surface area contributed by atoms with E-state index in [0.717, 1.165) is 28.0 Å². The molecule has 2 aromatic carbocycles. The lowest BCUT2D eigenvalue weighted by atomic mass is 9.93. The predicted octanol–water partition coefficient (Wildman–Crippen LogP) is 5.89. The first-order chi connectivity index (χ1) is 13.3. The highest BCUT2D eigenvalue weighted by Crippen LogP contribution is 2.35. The SMILES string of the molecule is Cc1ccc(SCCc2oc(=O)c(-c3c(C)cc(C)cc3C)c(O)c2C)cc1. The van der Waals surface area contributed by atoms with Gasteiger partial charge in [-0.1, -0.05) is 35.4 Å². The molecule has 0 saturated carbocycles. The number of benzene rings is 2. The molecule has 0 radical (unpaired) electrons. The molecule has 0 spiro atoms. The molecule has 4 heteroatoms. The lowest BCUT2D eigenvalue weighted by molar-refractivity contribution is 0.423. The Morgan fingerprint density at radius 3 is 2.11 bits per heavy atom. The molecule has 0 aliphatic heterocycles. The first-order valence-electron chi connectivity index (χ1n) is 9.41. The Morgan fingerprint density at radius 1 is 0.893 bits per heavy atom. The van der Waals surface area contributed by atoms with Crippen molar-refractivity contribution in [3.8, 4) is 16.9 Å². The highest BCUT2D eigenvalue weighted by atomic mass is 32.2. The van der Waals surface area contributed by atoms with Gasteiger partial charge in [0, 0.05) is 22.6 Å². The van der Waals surface area contributed by atoms with E-state index in [1.807, 2.05) is 39.8 Å². The highest BCUT2D eigenvalue weighted by molar-refractivity contribution is 7.99. The fourth-order valence-corrected chi connectivity index (χ4v) is 4.44. The van der Waals surface area contributed by atoms with E-state index in [4.69, 9.17) is 4.42 Å². The van der Waals surface area contributed by atoms with Gasteiger partial charge in [0.05, 0.1) is 0 Å². The number of aromatic hydroxyl groups is 1. The molecule has 0 aliphatic rings. The van der Waals surface area contributed by atoms with Crippen LogP contribution in [0.3, 0.4) is 0 Å². The lowest BCUT2D eigenvalue weighted by Crippen LogP contribution is -2.10. The van der Waals surface area contributed by atoms with Gasteiger partial charge in [-0.15, -0.1) is 11.8 Å². The van der Waals surface area contributed by atoms with Crippen LogP contribution in [0.4, 0.5) is 0 Å². The Balaban J connectivity index is 1.89. The van der Waals surface area contributed by atoms with E-state index in [1.54, 1.807) is 11.8 Å². The maximum atomic E-state index is 12.7. The standard InChI is InChI=1S/C24H26O3S/c1-14-6-8-19(9-7-14)28-11-10-20-18(5)23(25)22(24(26)27-20)21-16(3)12-15(2)13-17(21)4/h6-9,12-13,25H,10-11H2,1-5H3. The molecular formula is C24H26O3S. The van der Waals surface area contributed by atoms with Gasteiger partial charge in [-0.2, -0.15) is 0 Å². The van der Waals surface area contributed by atoms with Gasteiger partial charge in [0.25, 0.3) is 0 Å².